The molecule has 4 nitrogen and oxygen atoms in total. The summed E-state index contributed by atoms with van der Waals surface area (Å²) in [6, 6.07) is 19.9. The van der Waals surface area contributed by atoms with Crippen molar-refractivity contribution in [2.24, 2.45) is 5.10 Å². The van der Waals surface area contributed by atoms with Gasteiger partial charge in [0.25, 0.3) is 5.91 Å². The Morgan fingerprint density at radius 3 is 2.09 bits per heavy atom. The van der Waals surface area contributed by atoms with E-state index in [1.54, 1.807) is 6.21 Å². The Balaban J connectivity index is 1.51. The lowest BCUT2D eigenvalue weighted by Gasteiger charge is -2.11. The molecule has 0 aliphatic heterocycles. The highest BCUT2D eigenvalue weighted by atomic mass is 35.5. The topological polar surface area (TPSA) is 53.5 Å². The zero-order valence-electron chi connectivity index (χ0n) is 16.6. The molecular weight excluding hydrogens is 439 g/mol. The van der Waals surface area contributed by atoms with E-state index in [-0.39, 0.29) is 12.2 Å². The van der Waals surface area contributed by atoms with Gasteiger partial charge in [-0.25, -0.2) is 5.43 Å². The van der Waals surface area contributed by atoms with Crippen molar-refractivity contribution in [3.63, 3.8) is 0 Å². The first-order valence-corrected chi connectivity index (χ1v) is 10.0. The van der Waals surface area contributed by atoms with Crippen molar-refractivity contribution in [2.75, 3.05) is 11.9 Å². The Bertz CT molecular complexity index is 1280. The van der Waals surface area contributed by atoms with Crippen molar-refractivity contribution in [1.82, 2.24) is 5.43 Å². The smallest absolute Gasteiger partial charge is 0.376 e. The third-order valence-corrected chi connectivity index (χ3v) is 5.34. The number of anilines is 1. The molecule has 32 heavy (non-hydrogen) atoms. The second kappa shape index (κ2) is 8.88. The fraction of sp³-hybridized carbons (Fsp3) is 0.0833. The van der Waals surface area contributed by atoms with Crippen LogP contribution < -0.4 is 10.7 Å². The third kappa shape index (κ3) is 4.53. The average molecular weight is 456 g/mol. The minimum absolute atomic E-state index is 0.189. The highest BCUT2D eigenvalue weighted by molar-refractivity contribution is 6.42. The molecule has 0 heterocycles. The highest BCUT2D eigenvalue weighted by Crippen LogP contribution is 2.35. The van der Waals surface area contributed by atoms with Crippen LogP contribution in [0.2, 0.25) is 5.02 Å². The van der Waals surface area contributed by atoms with E-state index in [9.17, 15) is 18.0 Å². The van der Waals surface area contributed by atoms with Crippen molar-refractivity contribution in [3.05, 3.63) is 88.9 Å². The van der Waals surface area contributed by atoms with E-state index in [4.69, 9.17) is 11.6 Å². The third-order valence-electron chi connectivity index (χ3n) is 4.93. The Hall–Kier alpha value is -3.58. The van der Waals surface area contributed by atoms with Crippen LogP contribution in [0.3, 0.4) is 0 Å². The monoisotopic (exact) mass is 455 g/mol. The fourth-order valence-corrected chi connectivity index (χ4v) is 3.77. The number of hydrazone groups is 1. The normalized spacial score (nSPS) is 11.9. The Labute approximate surface area is 186 Å². The molecular formula is C24H17ClF3N3O. The van der Waals surface area contributed by atoms with Gasteiger partial charge in [-0.3, -0.25) is 4.79 Å². The number of nitrogens with zero attached hydrogens (tertiary/aromatic N) is 1. The lowest BCUT2D eigenvalue weighted by atomic mass is 9.97. The van der Waals surface area contributed by atoms with E-state index in [1.165, 1.54) is 12.1 Å². The lowest BCUT2D eigenvalue weighted by molar-refractivity contribution is -0.137. The lowest BCUT2D eigenvalue weighted by Crippen LogP contribution is -2.26. The van der Waals surface area contributed by atoms with Gasteiger partial charge in [0.1, 0.15) is 0 Å². The standard InChI is InChI=1S/C24H17ClF3N3O/c25-23-19-10-3-1-8-17(19)21(18-9-2-4-11-20(18)23)13-30-31-22(32)14-29-16-7-5-6-15(12-16)24(26,27)28/h1-13,29H,14H2,(H,31,32)/b30-13-. The van der Waals surface area contributed by atoms with Gasteiger partial charge in [-0.05, 0) is 29.0 Å². The summed E-state index contributed by atoms with van der Waals surface area (Å²) in [6.45, 7) is -0.235. The number of carbonyl (C=O) groups excluding carboxylic acids is 1. The number of fused-ring (bicyclic) bond motifs is 2. The summed E-state index contributed by atoms with van der Waals surface area (Å²) in [5.74, 6) is -0.499. The van der Waals surface area contributed by atoms with Gasteiger partial charge in [0.15, 0.2) is 0 Å². The molecule has 0 aliphatic carbocycles. The number of nitrogens with one attached hydrogen (secondary N) is 2. The van der Waals surface area contributed by atoms with E-state index >= 15 is 0 Å². The van der Waals surface area contributed by atoms with E-state index in [0.717, 1.165) is 39.2 Å². The molecule has 0 saturated carbocycles. The van der Waals surface area contributed by atoms with Gasteiger partial charge in [0, 0.05) is 22.0 Å². The van der Waals surface area contributed by atoms with Crippen LogP contribution in [0.1, 0.15) is 11.1 Å². The Kier molecular flexibility index (Phi) is 6.01. The number of amides is 1. The van der Waals surface area contributed by atoms with Crippen LogP contribution in [0.5, 0.6) is 0 Å². The molecule has 0 bridgehead atoms. The van der Waals surface area contributed by atoms with Crippen LogP contribution in [0.4, 0.5) is 18.9 Å². The molecule has 1 amide bonds. The first-order chi connectivity index (χ1) is 15.3. The molecule has 0 aliphatic rings. The minimum atomic E-state index is -4.45. The molecule has 2 N–H and O–H groups in total. The zero-order valence-corrected chi connectivity index (χ0v) is 17.3. The molecule has 0 aromatic heterocycles. The Morgan fingerprint density at radius 1 is 0.906 bits per heavy atom. The van der Waals surface area contributed by atoms with E-state index in [2.05, 4.69) is 15.8 Å². The van der Waals surface area contributed by atoms with Crippen LogP contribution in [0.15, 0.2) is 77.9 Å². The predicted octanol–water partition coefficient (Wildman–Crippen LogP) is 6.23. The van der Waals surface area contributed by atoms with Crippen molar-refractivity contribution in [2.45, 2.75) is 6.18 Å². The molecule has 0 radical (unpaired) electrons. The molecule has 0 fully saturated rings. The van der Waals surface area contributed by atoms with Crippen molar-refractivity contribution >= 4 is 51.0 Å². The quantitative estimate of drug-likeness (QED) is 0.213. The highest BCUT2D eigenvalue weighted by Gasteiger charge is 2.30. The van der Waals surface area contributed by atoms with Gasteiger partial charge in [-0.1, -0.05) is 66.2 Å². The summed E-state index contributed by atoms with van der Waals surface area (Å²) >= 11 is 6.58. The number of hydrogen-bond donors (Lipinski definition) is 2. The van der Waals surface area contributed by atoms with Crippen LogP contribution in [0.25, 0.3) is 21.5 Å². The summed E-state index contributed by atoms with van der Waals surface area (Å²) < 4.78 is 38.4. The second-order valence-corrected chi connectivity index (χ2v) is 7.42. The first-order valence-electron chi connectivity index (χ1n) is 9.66. The number of alkyl halides is 3. The molecule has 4 rings (SSSR count). The van der Waals surface area contributed by atoms with Crippen molar-refractivity contribution in [1.29, 1.82) is 0 Å². The predicted molar refractivity (Wildman–Crippen MR) is 122 cm³/mol. The average Bonchev–Trinajstić information content (AvgIpc) is 2.79. The molecule has 0 saturated heterocycles. The largest absolute Gasteiger partial charge is 0.416 e. The van der Waals surface area contributed by atoms with Crippen LogP contribution >= 0.6 is 11.6 Å². The molecule has 0 atom stereocenters. The SMILES string of the molecule is O=C(CNc1cccc(C(F)(F)F)c1)N/N=C\c1c2ccccc2c(Cl)c2ccccc12. The molecule has 0 unspecified atom stereocenters. The Morgan fingerprint density at radius 2 is 1.50 bits per heavy atom. The maximum absolute atomic E-state index is 12.8. The molecule has 162 valence electrons. The minimum Gasteiger partial charge on any atom is -0.376 e. The van der Waals surface area contributed by atoms with Gasteiger partial charge in [0.05, 0.1) is 23.3 Å². The van der Waals surface area contributed by atoms with E-state index < -0.39 is 17.6 Å². The number of benzene rings is 4. The maximum Gasteiger partial charge on any atom is 0.416 e. The molecule has 8 heteroatoms. The molecule has 4 aromatic rings. The van der Waals surface area contributed by atoms with Gasteiger partial charge in [-0.15, -0.1) is 0 Å². The number of carbonyl (C=O) groups is 1. The van der Waals surface area contributed by atoms with Gasteiger partial charge >= 0.3 is 6.18 Å². The number of rotatable bonds is 5. The summed E-state index contributed by atoms with van der Waals surface area (Å²) in [5.41, 5.74) is 2.60. The summed E-state index contributed by atoms with van der Waals surface area (Å²) in [4.78, 5) is 12.1. The number of hydrogen-bond acceptors (Lipinski definition) is 3. The van der Waals surface area contributed by atoms with Crippen LogP contribution in [-0.4, -0.2) is 18.7 Å². The van der Waals surface area contributed by atoms with Crippen LogP contribution in [-0.2, 0) is 11.0 Å². The maximum atomic E-state index is 12.8. The van der Waals surface area contributed by atoms with Crippen molar-refractivity contribution < 1.29 is 18.0 Å². The number of halogens is 4. The van der Waals surface area contributed by atoms with Crippen LogP contribution in [0, 0.1) is 0 Å². The second-order valence-electron chi connectivity index (χ2n) is 7.04. The molecule has 0 spiro atoms. The van der Waals surface area contributed by atoms with Gasteiger partial charge in [-0.2, -0.15) is 18.3 Å². The van der Waals surface area contributed by atoms with Gasteiger partial charge in [0.2, 0.25) is 0 Å². The fourth-order valence-electron chi connectivity index (χ4n) is 3.44. The zero-order chi connectivity index (χ0) is 22.7. The first kappa shape index (κ1) is 21.6. The molecule has 4 aromatic carbocycles. The van der Waals surface area contributed by atoms with E-state index in [0.29, 0.717) is 5.02 Å². The van der Waals surface area contributed by atoms with Gasteiger partial charge < -0.3 is 5.32 Å². The summed E-state index contributed by atoms with van der Waals surface area (Å²) in [6.07, 6.45) is -2.91. The summed E-state index contributed by atoms with van der Waals surface area (Å²) in [7, 11) is 0. The summed E-state index contributed by atoms with van der Waals surface area (Å²) in [5, 5.41) is 10.9. The van der Waals surface area contributed by atoms with Crippen molar-refractivity contribution in [3.8, 4) is 0 Å². The van der Waals surface area contributed by atoms with E-state index in [1.807, 2.05) is 48.5 Å².